The maximum atomic E-state index is 12.1. The van der Waals surface area contributed by atoms with Crippen LogP contribution in [0.3, 0.4) is 0 Å². The fraction of sp³-hybridized carbons (Fsp3) is 0. The third-order valence-corrected chi connectivity index (χ3v) is 3.47. The molecule has 0 atom stereocenters. The number of azo groups is 1. The first-order chi connectivity index (χ1) is 12.4. The average molecular weight is 355 g/mol. The summed E-state index contributed by atoms with van der Waals surface area (Å²) < 4.78 is 0. The standard InChI is InChI=1S/C15H9N5O6/c21-14(8-5-9(19(23)24)7-10(6-8)20(25)26)18-17-13-11-3-1-2-4-12(11)16-15(13)22/h1-7,16,22H. The van der Waals surface area contributed by atoms with E-state index in [1.54, 1.807) is 24.3 Å². The third kappa shape index (κ3) is 3.08. The highest BCUT2D eigenvalue weighted by molar-refractivity contribution is 5.97. The van der Waals surface area contributed by atoms with Gasteiger partial charge in [0, 0.05) is 17.5 Å². The van der Waals surface area contributed by atoms with Gasteiger partial charge < -0.3 is 10.1 Å². The number of para-hydroxylation sites is 1. The van der Waals surface area contributed by atoms with E-state index in [9.17, 15) is 30.1 Å². The Hall–Kier alpha value is -4.15. The zero-order valence-electron chi connectivity index (χ0n) is 12.8. The van der Waals surface area contributed by atoms with Crippen LogP contribution < -0.4 is 0 Å². The number of nitrogens with zero attached hydrogens (tertiary/aromatic N) is 4. The lowest BCUT2D eigenvalue weighted by Crippen LogP contribution is -1.99. The molecular formula is C15H9N5O6. The molecule has 130 valence electrons. The van der Waals surface area contributed by atoms with Crippen molar-refractivity contribution in [1.82, 2.24) is 4.98 Å². The summed E-state index contributed by atoms with van der Waals surface area (Å²) in [7, 11) is 0. The minimum absolute atomic E-state index is 0.00822. The first-order valence-electron chi connectivity index (χ1n) is 7.06. The summed E-state index contributed by atoms with van der Waals surface area (Å²) in [5.41, 5.74) is -1.03. The van der Waals surface area contributed by atoms with Gasteiger partial charge in [-0.3, -0.25) is 25.0 Å². The summed E-state index contributed by atoms with van der Waals surface area (Å²) >= 11 is 0. The summed E-state index contributed by atoms with van der Waals surface area (Å²) in [6, 6.07) is 9.21. The van der Waals surface area contributed by atoms with Crippen LogP contribution in [0.1, 0.15) is 10.4 Å². The maximum absolute atomic E-state index is 12.1. The van der Waals surface area contributed by atoms with Crippen molar-refractivity contribution < 1.29 is 19.7 Å². The Morgan fingerprint density at radius 1 is 1.04 bits per heavy atom. The molecule has 26 heavy (non-hydrogen) atoms. The van der Waals surface area contributed by atoms with Crippen LogP contribution in [0.25, 0.3) is 10.9 Å². The number of H-pyrrole nitrogens is 1. The smallest absolute Gasteiger partial charge is 0.295 e. The second-order valence-corrected chi connectivity index (χ2v) is 5.13. The van der Waals surface area contributed by atoms with Crippen LogP contribution >= 0.6 is 0 Å². The van der Waals surface area contributed by atoms with E-state index in [4.69, 9.17) is 0 Å². The van der Waals surface area contributed by atoms with Gasteiger partial charge in [-0.1, -0.05) is 18.2 Å². The number of non-ortho nitro benzene ring substituents is 2. The lowest BCUT2D eigenvalue weighted by molar-refractivity contribution is -0.394. The third-order valence-electron chi connectivity index (χ3n) is 3.47. The second-order valence-electron chi connectivity index (χ2n) is 5.13. The van der Waals surface area contributed by atoms with Crippen LogP contribution in [0.2, 0.25) is 0 Å². The predicted molar refractivity (Wildman–Crippen MR) is 88.6 cm³/mol. The van der Waals surface area contributed by atoms with Gasteiger partial charge in [-0.2, -0.15) is 0 Å². The molecule has 0 aliphatic rings. The number of hydrogen-bond acceptors (Lipinski definition) is 7. The fourth-order valence-corrected chi connectivity index (χ4v) is 2.30. The van der Waals surface area contributed by atoms with Crippen LogP contribution in [0.5, 0.6) is 5.88 Å². The number of nitrogens with one attached hydrogen (secondary N) is 1. The molecule has 0 fully saturated rings. The minimum atomic E-state index is -1.03. The Labute approximate surface area is 143 Å². The highest BCUT2D eigenvalue weighted by atomic mass is 16.6. The Balaban J connectivity index is 1.99. The van der Waals surface area contributed by atoms with Crippen molar-refractivity contribution in [2.75, 3.05) is 0 Å². The molecule has 0 unspecified atom stereocenters. The number of carbonyl (C=O) groups is 1. The van der Waals surface area contributed by atoms with Gasteiger partial charge in [0.1, 0.15) is 0 Å². The largest absolute Gasteiger partial charge is 0.493 e. The number of nitro groups is 2. The number of carbonyl (C=O) groups excluding carboxylic acids is 1. The van der Waals surface area contributed by atoms with Crippen molar-refractivity contribution in [3.8, 4) is 5.88 Å². The molecule has 2 N–H and O–H groups in total. The molecule has 1 heterocycles. The van der Waals surface area contributed by atoms with Crippen molar-refractivity contribution >= 4 is 33.9 Å². The Morgan fingerprint density at radius 3 is 2.27 bits per heavy atom. The van der Waals surface area contributed by atoms with Gasteiger partial charge in [-0.05, 0) is 6.07 Å². The zero-order valence-corrected chi connectivity index (χ0v) is 12.8. The monoisotopic (exact) mass is 355 g/mol. The molecule has 11 heteroatoms. The Bertz CT molecular complexity index is 1060. The average Bonchev–Trinajstić information content (AvgIpc) is 2.94. The lowest BCUT2D eigenvalue weighted by Gasteiger charge is -1.97. The number of aromatic hydroxyl groups is 1. The number of benzene rings is 2. The molecule has 0 saturated carbocycles. The van der Waals surface area contributed by atoms with Crippen molar-refractivity contribution in [2.45, 2.75) is 0 Å². The zero-order chi connectivity index (χ0) is 18.8. The molecule has 3 aromatic rings. The number of fused-ring (bicyclic) bond motifs is 1. The van der Waals surface area contributed by atoms with Gasteiger partial charge >= 0.3 is 0 Å². The van der Waals surface area contributed by atoms with Gasteiger partial charge in [-0.25, -0.2) is 0 Å². The number of aromatic nitrogens is 1. The topological polar surface area (TPSA) is 164 Å². The summed E-state index contributed by atoms with van der Waals surface area (Å²) in [5.74, 6) is -1.34. The van der Waals surface area contributed by atoms with E-state index in [-0.39, 0.29) is 17.1 Å². The van der Waals surface area contributed by atoms with Crippen LogP contribution in [0.15, 0.2) is 52.7 Å². The fourth-order valence-electron chi connectivity index (χ4n) is 2.30. The van der Waals surface area contributed by atoms with Gasteiger partial charge in [0.05, 0.1) is 27.0 Å². The molecule has 0 spiro atoms. The number of hydrogen-bond donors (Lipinski definition) is 2. The lowest BCUT2D eigenvalue weighted by atomic mass is 10.1. The van der Waals surface area contributed by atoms with Crippen LogP contribution in [-0.2, 0) is 0 Å². The number of amides is 1. The highest BCUT2D eigenvalue weighted by Gasteiger charge is 2.20. The Morgan fingerprint density at radius 2 is 1.65 bits per heavy atom. The predicted octanol–water partition coefficient (Wildman–Crippen LogP) is 3.61. The van der Waals surface area contributed by atoms with E-state index in [1.807, 2.05) is 0 Å². The normalized spacial score (nSPS) is 11.1. The molecule has 0 bridgehead atoms. The molecule has 0 radical (unpaired) electrons. The molecule has 3 rings (SSSR count). The molecule has 11 nitrogen and oxygen atoms in total. The summed E-state index contributed by atoms with van der Waals surface area (Å²) in [6.45, 7) is 0. The second kappa shape index (κ2) is 6.39. The van der Waals surface area contributed by atoms with Crippen molar-refractivity contribution in [3.63, 3.8) is 0 Å². The van der Waals surface area contributed by atoms with Crippen LogP contribution in [0.4, 0.5) is 17.1 Å². The van der Waals surface area contributed by atoms with Crippen molar-refractivity contribution in [2.24, 2.45) is 10.2 Å². The molecule has 1 amide bonds. The first kappa shape index (κ1) is 16.7. The summed E-state index contributed by atoms with van der Waals surface area (Å²) in [6.07, 6.45) is 0. The molecule has 0 saturated heterocycles. The number of aromatic amines is 1. The van der Waals surface area contributed by atoms with Gasteiger partial charge in [0.25, 0.3) is 17.3 Å². The van der Waals surface area contributed by atoms with E-state index in [0.717, 1.165) is 18.2 Å². The minimum Gasteiger partial charge on any atom is -0.493 e. The highest BCUT2D eigenvalue weighted by Crippen LogP contribution is 2.35. The Kier molecular flexibility index (Phi) is 4.11. The SMILES string of the molecule is O=C(N=Nc1c(O)[nH]c2ccccc12)c1cc([N+](=O)[O-])cc([N+](=O)[O-])c1. The van der Waals surface area contributed by atoms with Crippen molar-refractivity contribution in [1.29, 1.82) is 0 Å². The van der Waals surface area contributed by atoms with E-state index in [0.29, 0.717) is 10.9 Å². The molecule has 0 aliphatic heterocycles. The van der Waals surface area contributed by atoms with Crippen LogP contribution in [0, 0.1) is 20.2 Å². The number of nitro benzene ring substituents is 2. The molecular weight excluding hydrogens is 346 g/mol. The maximum Gasteiger partial charge on any atom is 0.295 e. The number of rotatable bonds is 4. The molecule has 1 aromatic heterocycles. The van der Waals surface area contributed by atoms with E-state index < -0.39 is 27.1 Å². The van der Waals surface area contributed by atoms with E-state index in [2.05, 4.69) is 15.2 Å². The summed E-state index contributed by atoms with van der Waals surface area (Å²) in [4.78, 5) is 34.8. The van der Waals surface area contributed by atoms with Gasteiger partial charge in [-0.15, -0.1) is 10.2 Å². The van der Waals surface area contributed by atoms with Crippen LogP contribution in [-0.4, -0.2) is 25.8 Å². The molecule has 0 aliphatic carbocycles. The quantitative estimate of drug-likeness (QED) is 0.412. The molecule has 2 aromatic carbocycles. The first-order valence-corrected chi connectivity index (χ1v) is 7.06. The summed E-state index contributed by atoms with van der Waals surface area (Å²) in [5, 5.41) is 39.2. The van der Waals surface area contributed by atoms with E-state index in [1.165, 1.54) is 0 Å². The van der Waals surface area contributed by atoms with Gasteiger partial charge in [0.2, 0.25) is 5.88 Å². The van der Waals surface area contributed by atoms with Crippen molar-refractivity contribution in [3.05, 3.63) is 68.3 Å². The van der Waals surface area contributed by atoms with Gasteiger partial charge in [0.15, 0.2) is 5.69 Å². The van der Waals surface area contributed by atoms with E-state index >= 15 is 0 Å².